The monoisotopic (exact) mass is 1790 g/mol. The number of H-pyrrole nitrogens is 5. The molecule has 0 aliphatic rings. The molecule has 0 bridgehead atoms. The Labute approximate surface area is 719 Å². The van der Waals surface area contributed by atoms with Gasteiger partial charge in [-0.3, -0.25) is 105 Å². The fourth-order valence-corrected chi connectivity index (χ4v) is 11.2. The number of Topliss-reactive ketones (excluding diaryl/α,β-unsaturated/α-hetero) is 2. The Morgan fingerprint density at radius 3 is 1.20 bits per heavy atom. The van der Waals surface area contributed by atoms with Gasteiger partial charge in [0.05, 0.1) is 30.4 Å². The summed E-state index contributed by atoms with van der Waals surface area (Å²) in [6.45, 7) is 0.209. The van der Waals surface area contributed by atoms with Crippen molar-refractivity contribution in [3.8, 4) is 61.7 Å². The molecule has 42 heteroatoms. The van der Waals surface area contributed by atoms with Gasteiger partial charge in [0, 0.05) is 185 Å². The summed E-state index contributed by atoms with van der Waals surface area (Å²) >= 11 is 30.8. The smallest absolute Gasteiger partial charge is 0.284 e. The second-order valence-corrected chi connectivity index (χ2v) is 27.1. The zero-order valence-electron chi connectivity index (χ0n) is 62.1. The normalized spacial score (nSPS) is 9.70. The van der Waals surface area contributed by atoms with Crippen LogP contribution in [0.2, 0.25) is 0 Å². The van der Waals surface area contributed by atoms with Gasteiger partial charge in [0.2, 0.25) is 5.89 Å². The number of ether oxygens (including phenoxy) is 1. The molecule has 16 rings (SSSR count). The number of benzene rings is 1. The summed E-state index contributed by atoms with van der Waals surface area (Å²) in [4.78, 5) is 99.0. The highest BCUT2D eigenvalue weighted by molar-refractivity contribution is 9.09. The average molecular weight is 1790 g/mol. The second kappa shape index (κ2) is 52.8. The van der Waals surface area contributed by atoms with E-state index in [4.69, 9.17) is 97.3 Å². The molecule has 0 radical (unpaired) electrons. The fourth-order valence-electron chi connectivity index (χ4n) is 8.70. The van der Waals surface area contributed by atoms with E-state index in [0.29, 0.717) is 59.1 Å². The molecule has 15 N–H and O–H groups in total. The molecule has 15 aromatic heterocycles. The third-order valence-corrected chi connectivity index (χ3v) is 17.8. The lowest BCUT2D eigenvalue weighted by molar-refractivity contribution is 0.0901. The van der Waals surface area contributed by atoms with E-state index in [0.717, 1.165) is 65.3 Å². The van der Waals surface area contributed by atoms with E-state index in [2.05, 4.69) is 106 Å². The minimum absolute atomic E-state index is 0.0856. The summed E-state index contributed by atoms with van der Waals surface area (Å²) in [7, 11) is 1.66. The molecule has 34 nitrogen and oxygen atoms in total. The number of hydrogen-bond acceptors (Lipinski definition) is 32. The van der Waals surface area contributed by atoms with E-state index in [9.17, 15) is 24.0 Å². The first-order chi connectivity index (χ1) is 57.9. The largest absolute Gasteiger partial charge is 0.497 e. The summed E-state index contributed by atoms with van der Waals surface area (Å²) in [5.74, 6) is 15.7. The number of rotatable bonds is 15. The minimum Gasteiger partial charge on any atom is -0.497 e. The second-order valence-electron chi connectivity index (χ2n) is 22.2. The first-order valence-corrected chi connectivity index (χ1v) is 38.8. The molecule has 0 aliphatic heterocycles. The molecular weight excluding hydrogens is 1720 g/mol. The van der Waals surface area contributed by atoms with E-state index in [1.807, 2.05) is 99.0 Å². The van der Waals surface area contributed by atoms with Crippen LogP contribution in [-0.2, 0) is 6.54 Å². The molecule has 1 aromatic carbocycles. The number of nitrogen functional groups attached to an aromatic ring is 3. The summed E-state index contributed by atoms with van der Waals surface area (Å²) < 4.78 is 19.3. The number of hydrazine groups is 3. The molecule has 119 heavy (non-hydrogen) atoms. The topological polar surface area (TPSA) is 507 Å². The highest BCUT2D eigenvalue weighted by Crippen LogP contribution is 2.23. The SMILES string of the molecule is COc1ccc(Cn2c(-c3ccncc3)n[nH]c2=S)cc1.NNC(=O)c1ccncc1.NNC(=O)c1ccncc1.NNC(=O)c1ccncc1.O=C(CBr)c1ccncc1.O=C(CO)c1ccncc1.S=c1[nH]c(-c2ccncc2)co1.S=c1[nH]c(-c2ccncc2)cs1.S=c1[nH]nc(-c2ccncc2)o1.S=c1[nH]nc(-c2ccncc2)s1. The molecule has 3 amide bonds. The predicted molar refractivity (Wildman–Crippen MR) is 464 cm³/mol. The number of aromatic amines is 5. The highest BCUT2D eigenvalue weighted by Gasteiger charge is 2.11. The van der Waals surface area contributed by atoms with Crippen molar-refractivity contribution >= 4 is 129 Å². The number of halogens is 1. The van der Waals surface area contributed by atoms with Crippen molar-refractivity contribution in [1.29, 1.82) is 0 Å². The van der Waals surface area contributed by atoms with E-state index >= 15 is 0 Å². The van der Waals surface area contributed by atoms with Crippen molar-refractivity contribution in [2.24, 2.45) is 17.5 Å². The van der Waals surface area contributed by atoms with Crippen molar-refractivity contribution in [3.05, 3.63) is 337 Å². The first-order valence-electron chi connectivity index (χ1n) is 34.0. The van der Waals surface area contributed by atoms with Gasteiger partial charge in [-0.15, -0.1) is 16.4 Å². The maximum absolute atomic E-state index is 10.9. The van der Waals surface area contributed by atoms with Crippen molar-refractivity contribution < 1.29 is 42.7 Å². The molecule has 0 fully saturated rings. The molecule has 15 heterocycles. The van der Waals surface area contributed by atoms with Crippen LogP contribution < -0.4 is 38.5 Å². The lowest BCUT2D eigenvalue weighted by Gasteiger charge is -2.07. The third-order valence-electron chi connectivity index (χ3n) is 14.4. The summed E-state index contributed by atoms with van der Waals surface area (Å²) in [6, 6.07) is 42.9. The highest BCUT2D eigenvalue weighted by atomic mass is 79.9. The van der Waals surface area contributed by atoms with Crippen molar-refractivity contribution in [1.82, 2.24) is 111 Å². The number of pyridine rings is 10. The number of amides is 3. The van der Waals surface area contributed by atoms with Crippen LogP contribution >= 0.6 is 99.7 Å². The van der Waals surface area contributed by atoms with Crippen molar-refractivity contribution in [3.63, 3.8) is 0 Å². The standard InChI is InChI=1S/C15H14N4OS.C8H6N2OS.C8H6N2S2.C7H6BrNO.C7H5N3OS.C7H5N3S2.C7H7NO2.3C6H7N3O/c1-20-13-4-2-11(3-5-13)10-19-14(17-18-15(19)21)12-6-8-16-9-7-12;12-8-10-7(5-11-8)6-1-3-9-4-2-6;11-8-10-7(5-12-8)6-1-3-9-4-2-6;8-5-7(10)6-1-3-9-4-2-6;12-7-10-9-6(11-7)5-1-3-8-4-2-5;11-7-10-9-6(12-7)5-1-3-8-4-2-5;9-5-7(10)6-1-3-8-4-2-6;3*7-9-6(10)5-1-3-8-4-2-5/h2-9H,10H2,1H3,(H,18,21);1-5H,(H,10,12);1-5H,(H,10,11);1-4H,5H2;1-4H,(H,10,12);1-4H,(H,10,11);1-4,9H,5H2;3*1-4H,7H2,(H,9,10). The van der Waals surface area contributed by atoms with Crippen LogP contribution in [0.25, 0.3) is 55.9 Å². The van der Waals surface area contributed by atoms with Crippen LogP contribution in [0, 0.1) is 22.4 Å². The van der Waals surface area contributed by atoms with Crippen LogP contribution in [0.1, 0.15) is 57.4 Å². The van der Waals surface area contributed by atoms with Gasteiger partial charge in [-0.1, -0.05) is 39.4 Å². The third kappa shape index (κ3) is 33.2. The molecule has 0 unspecified atom stereocenters. The Hall–Kier alpha value is -13.6. The molecule has 606 valence electrons. The number of alkyl halides is 1. The van der Waals surface area contributed by atoms with Gasteiger partial charge in [0.1, 0.15) is 23.6 Å². The first kappa shape index (κ1) is 92.5. The number of ketones is 2. The van der Waals surface area contributed by atoms with Gasteiger partial charge in [-0.2, -0.15) is 10.2 Å². The molecule has 0 saturated carbocycles. The number of nitrogens with two attached hydrogens (primary N) is 3. The van der Waals surface area contributed by atoms with Crippen LogP contribution in [0.3, 0.4) is 0 Å². The van der Waals surface area contributed by atoms with Crippen LogP contribution in [-0.4, -0.2) is 148 Å². The van der Waals surface area contributed by atoms with Crippen molar-refractivity contribution in [2.75, 3.05) is 19.0 Å². The van der Waals surface area contributed by atoms with Gasteiger partial charge >= 0.3 is 0 Å². The van der Waals surface area contributed by atoms with Gasteiger partial charge in [0.15, 0.2) is 30.1 Å². The minimum atomic E-state index is -0.440. The van der Waals surface area contributed by atoms with Gasteiger partial charge in [0.25, 0.3) is 27.4 Å². The number of methoxy groups -OCH3 is 1. The van der Waals surface area contributed by atoms with E-state index in [1.54, 1.807) is 161 Å². The number of thiazole rings is 1. The molecular formula is C77H70BrN25O9S7. The Morgan fingerprint density at radius 1 is 0.454 bits per heavy atom. The van der Waals surface area contributed by atoms with Crippen molar-refractivity contribution in [2.45, 2.75) is 6.54 Å². The van der Waals surface area contributed by atoms with Gasteiger partial charge < -0.3 is 28.6 Å². The van der Waals surface area contributed by atoms with E-state index in [-0.39, 0.29) is 34.1 Å². The molecule has 0 spiro atoms. The summed E-state index contributed by atoms with van der Waals surface area (Å²) in [5.41, 5.74) is 16.9. The molecule has 16 aromatic rings. The van der Waals surface area contributed by atoms with Crippen LogP contribution in [0.4, 0.5) is 0 Å². The summed E-state index contributed by atoms with van der Waals surface area (Å²) in [6.07, 6.45) is 34.3. The fraction of sp³-hybridized carbons (Fsp3) is 0.0519. The Balaban J connectivity index is 0.000000184. The molecule has 0 aliphatic carbocycles. The van der Waals surface area contributed by atoms with Gasteiger partial charge in [-0.05, 0) is 200 Å². The quantitative estimate of drug-likeness (QED) is 0.0113. The number of nitrogens with zero attached hydrogens (tertiary/aromatic N) is 14. The number of carbonyl (C=O) groups is 5. The zero-order valence-corrected chi connectivity index (χ0v) is 69.4. The summed E-state index contributed by atoms with van der Waals surface area (Å²) in [5, 5.41) is 32.1. The molecule has 0 atom stereocenters. The van der Waals surface area contributed by atoms with Gasteiger partial charge in [-0.25, -0.2) is 22.6 Å². The maximum atomic E-state index is 10.9. The Kier molecular flexibility index (Phi) is 41.0. The van der Waals surface area contributed by atoms with E-state index < -0.39 is 6.61 Å². The number of aliphatic hydroxyl groups is 1. The predicted octanol–water partition coefficient (Wildman–Crippen LogP) is 13.4. The Bertz CT molecular complexity index is 5300. The number of aromatic nitrogens is 19. The number of carbonyl (C=O) groups excluding carboxylic acids is 5. The Morgan fingerprint density at radius 2 is 0.849 bits per heavy atom. The van der Waals surface area contributed by atoms with E-state index in [1.165, 1.54) is 72.2 Å². The average Bonchev–Trinajstić information content (AvgIpc) is 1.68. The van der Waals surface area contributed by atoms with Crippen LogP contribution in [0.15, 0.2) is 290 Å². The maximum Gasteiger partial charge on any atom is 0.284 e. The lowest BCUT2D eigenvalue weighted by Crippen LogP contribution is -2.29. The zero-order chi connectivity index (χ0) is 85.2. The lowest BCUT2D eigenvalue weighted by atomic mass is 10.2. The molecule has 0 saturated heterocycles. The number of aliphatic hydroxyl groups excluding tert-OH is 1. The number of hydrogen-bond donors (Lipinski definition) is 12. The number of nitrogens with one attached hydrogen (secondary N) is 8. The van der Waals surface area contributed by atoms with Crippen LogP contribution in [0.5, 0.6) is 5.75 Å². The number of oxazole rings is 1.